The quantitative estimate of drug-likeness (QED) is 0.910. The summed E-state index contributed by atoms with van der Waals surface area (Å²) in [5.74, 6) is 0.0657. The van der Waals surface area contributed by atoms with Crippen LogP contribution in [0.25, 0.3) is 0 Å². The van der Waals surface area contributed by atoms with Crippen LogP contribution < -0.4 is 0 Å². The summed E-state index contributed by atoms with van der Waals surface area (Å²) >= 11 is 0. The topological polar surface area (TPSA) is 70.5 Å². The summed E-state index contributed by atoms with van der Waals surface area (Å²) in [4.78, 5) is 2.95. The average molecular weight is 338 g/mol. The Labute approximate surface area is 126 Å². The molecule has 0 spiro atoms. The number of hydrogen-bond acceptors (Lipinski definition) is 4. The minimum absolute atomic E-state index is 0.0135. The van der Waals surface area contributed by atoms with Gasteiger partial charge in [0.1, 0.15) is 10.6 Å². The van der Waals surface area contributed by atoms with Gasteiger partial charge in [0, 0.05) is 25.9 Å². The molecular formula is C13H17F3N2O3S. The number of halogens is 3. The van der Waals surface area contributed by atoms with Crippen molar-refractivity contribution in [3.8, 4) is 0 Å². The molecule has 1 aromatic rings. The highest BCUT2D eigenvalue weighted by atomic mass is 32.2. The summed E-state index contributed by atoms with van der Waals surface area (Å²) in [5, 5.41) is 8.95. The molecule has 0 unspecified atom stereocenters. The third-order valence-corrected chi connectivity index (χ3v) is 5.53. The molecule has 1 atom stereocenters. The summed E-state index contributed by atoms with van der Waals surface area (Å²) < 4.78 is 63.5. The van der Waals surface area contributed by atoms with E-state index in [1.165, 1.54) is 4.31 Å². The second-order valence-electron chi connectivity index (χ2n) is 5.26. The molecule has 22 heavy (non-hydrogen) atoms. The fraction of sp³-hybridized carbons (Fsp3) is 0.615. The third kappa shape index (κ3) is 3.76. The number of pyridine rings is 1. The molecule has 0 aliphatic carbocycles. The van der Waals surface area contributed by atoms with Gasteiger partial charge >= 0.3 is 6.18 Å². The Morgan fingerprint density at radius 1 is 1.36 bits per heavy atom. The van der Waals surface area contributed by atoms with Crippen LogP contribution in [0.5, 0.6) is 0 Å². The zero-order valence-corrected chi connectivity index (χ0v) is 12.6. The molecule has 9 heteroatoms. The van der Waals surface area contributed by atoms with Gasteiger partial charge in [-0.1, -0.05) is 0 Å². The van der Waals surface area contributed by atoms with E-state index in [4.69, 9.17) is 5.11 Å². The molecule has 1 saturated heterocycles. The zero-order valence-electron chi connectivity index (χ0n) is 11.8. The van der Waals surface area contributed by atoms with Crippen molar-refractivity contribution in [3.05, 3.63) is 24.0 Å². The van der Waals surface area contributed by atoms with E-state index in [0.717, 1.165) is 18.7 Å². The van der Waals surface area contributed by atoms with Gasteiger partial charge in [0.25, 0.3) is 0 Å². The Hall–Kier alpha value is -1.19. The lowest BCUT2D eigenvalue weighted by Gasteiger charge is -2.31. The largest absolute Gasteiger partial charge is 0.433 e. The fourth-order valence-electron chi connectivity index (χ4n) is 2.51. The molecule has 1 aliphatic rings. The van der Waals surface area contributed by atoms with E-state index >= 15 is 0 Å². The maximum absolute atomic E-state index is 12.5. The van der Waals surface area contributed by atoms with E-state index in [-0.39, 0.29) is 24.0 Å². The lowest BCUT2D eigenvalue weighted by Crippen LogP contribution is -2.40. The Morgan fingerprint density at radius 2 is 2.09 bits per heavy atom. The monoisotopic (exact) mass is 338 g/mol. The standard InChI is InChI=1S/C13H17F3N2O3S/c14-13(15,16)12-4-3-11(8-17-12)22(20,21)18-6-1-2-10(9-18)5-7-19/h3-4,8,10,19H,1-2,5-7,9H2/t10-/m0/s1. The summed E-state index contributed by atoms with van der Waals surface area (Å²) in [6.07, 6.45) is -1.85. The third-order valence-electron chi connectivity index (χ3n) is 3.68. The predicted molar refractivity (Wildman–Crippen MR) is 72.4 cm³/mol. The minimum Gasteiger partial charge on any atom is -0.396 e. The molecule has 1 N–H and O–H groups in total. The first kappa shape index (κ1) is 17.2. The van der Waals surface area contributed by atoms with Crippen molar-refractivity contribution in [2.75, 3.05) is 19.7 Å². The Kier molecular flexibility index (Phi) is 5.08. The van der Waals surface area contributed by atoms with Crippen molar-refractivity contribution in [3.63, 3.8) is 0 Å². The average Bonchev–Trinajstić information content (AvgIpc) is 2.47. The number of hydrogen-bond donors (Lipinski definition) is 1. The van der Waals surface area contributed by atoms with Gasteiger partial charge in [-0.15, -0.1) is 0 Å². The number of alkyl halides is 3. The van der Waals surface area contributed by atoms with Crippen LogP contribution in [0.2, 0.25) is 0 Å². The summed E-state index contributed by atoms with van der Waals surface area (Å²) in [6.45, 7) is 0.579. The lowest BCUT2D eigenvalue weighted by molar-refractivity contribution is -0.141. The lowest BCUT2D eigenvalue weighted by atomic mass is 9.97. The number of rotatable bonds is 4. The second-order valence-corrected chi connectivity index (χ2v) is 7.20. The number of sulfonamides is 1. The van der Waals surface area contributed by atoms with Crippen LogP contribution in [-0.2, 0) is 16.2 Å². The first-order valence-electron chi connectivity index (χ1n) is 6.89. The van der Waals surface area contributed by atoms with Gasteiger partial charge in [-0.25, -0.2) is 8.42 Å². The predicted octanol–water partition coefficient (Wildman–Crippen LogP) is 1.88. The highest BCUT2D eigenvalue weighted by Gasteiger charge is 2.34. The molecule has 0 aromatic carbocycles. The van der Waals surface area contributed by atoms with Crippen LogP contribution in [0.3, 0.4) is 0 Å². The van der Waals surface area contributed by atoms with Crippen LogP contribution in [0.4, 0.5) is 13.2 Å². The normalized spacial score (nSPS) is 21.0. The van der Waals surface area contributed by atoms with E-state index in [1.54, 1.807) is 0 Å². The summed E-state index contributed by atoms with van der Waals surface area (Å²) in [5.41, 5.74) is -1.12. The minimum atomic E-state index is -4.60. The maximum Gasteiger partial charge on any atom is 0.433 e. The molecule has 0 bridgehead atoms. The Bertz CT molecular complexity index is 600. The second kappa shape index (κ2) is 6.51. The SMILES string of the molecule is O=S(=O)(c1ccc(C(F)(F)F)nc1)N1CCC[C@@H](CCO)C1. The van der Waals surface area contributed by atoms with Crippen LogP contribution in [0, 0.1) is 5.92 Å². The molecule has 2 rings (SSSR count). The zero-order chi connectivity index (χ0) is 16.4. The molecule has 0 radical (unpaired) electrons. The molecule has 5 nitrogen and oxygen atoms in total. The van der Waals surface area contributed by atoms with E-state index in [0.29, 0.717) is 25.5 Å². The van der Waals surface area contributed by atoms with Crippen LogP contribution >= 0.6 is 0 Å². The Morgan fingerprint density at radius 3 is 2.64 bits per heavy atom. The van der Waals surface area contributed by atoms with Crippen LogP contribution in [0.15, 0.2) is 23.2 Å². The van der Waals surface area contributed by atoms with Crippen molar-refractivity contribution in [2.24, 2.45) is 5.92 Å². The summed E-state index contributed by atoms with van der Waals surface area (Å²) in [7, 11) is -3.85. The maximum atomic E-state index is 12.5. The van der Waals surface area contributed by atoms with Crippen LogP contribution in [0.1, 0.15) is 25.0 Å². The van der Waals surface area contributed by atoms with E-state index in [9.17, 15) is 21.6 Å². The highest BCUT2D eigenvalue weighted by molar-refractivity contribution is 7.89. The van der Waals surface area contributed by atoms with Crippen LogP contribution in [-0.4, -0.2) is 42.5 Å². The molecule has 124 valence electrons. The molecule has 1 aliphatic heterocycles. The van der Waals surface area contributed by atoms with Crippen molar-refractivity contribution in [1.29, 1.82) is 0 Å². The molecular weight excluding hydrogens is 321 g/mol. The van der Waals surface area contributed by atoms with Gasteiger partial charge in [-0.3, -0.25) is 4.98 Å². The number of piperidine rings is 1. The van der Waals surface area contributed by atoms with E-state index in [2.05, 4.69) is 4.98 Å². The number of aliphatic hydroxyl groups is 1. The van der Waals surface area contributed by atoms with Gasteiger partial charge in [0.15, 0.2) is 0 Å². The highest BCUT2D eigenvalue weighted by Crippen LogP contribution is 2.29. The van der Waals surface area contributed by atoms with E-state index in [1.807, 2.05) is 0 Å². The first-order chi connectivity index (χ1) is 10.2. The fourth-order valence-corrected chi connectivity index (χ4v) is 4.01. The van der Waals surface area contributed by atoms with Gasteiger partial charge < -0.3 is 5.11 Å². The van der Waals surface area contributed by atoms with Gasteiger partial charge in [0.05, 0.1) is 0 Å². The van der Waals surface area contributed by atoms with Gasteiger partial charge in [-0.2, -0.15) is 17.5 Å². The number of nitrogens with zero attached hydrogens (tertiary/aromatic N) is 2. The van der Waals surface area contributed by atoms with Crippen molar-refractivity contribution in [1.82, 2.24) is 9.29 Å². The molecule has 1 aromatic heterocycles. The van der Waals surface area contributed by atoms with Gasteiger partial charge in [-0.05, 0) is 37.3 Å². The molecule has 0 amide bonds. The summed E-state index contributed by atoms with van der Waals surface area (Å²) in [6, 6.07) is 1.60. The van der Waals surface area contributed by atoms with Crippen molar-refractivity contribution in [2.45, 2.75) is 30.3 Å². The molecule has 1 fully saturated rings. The Balaban J connectivity index is 2.19. The smallest absolute Gasteiger partial charge is 0.396 e. The van der Waals surface area contributed by atoms with Crippen molar-refractivity contribution < 1.29 is 26.7 Å². The molecule has 2 heterocycles. The number of aromatic nitrogens is 1. The first-order valence-corrected chi connectivity index (χ1v) is 8.33. The van der Waals surface area contributed by atoms with Gasteiger partial charge in [0.2, 0.25) is 10.0 Å². The molecule has 0 saturated carbocycles. The number of aliphatic hydroxyl groups excluding tert-OH is 1. The van der Waals surface area contributed by atoms with E-state index < -0.39 is 21.9 Å². The van der Waals surface area contributed by atoms with Crippen molar-refractivity contribution >= 4 is 10.0 Å².